The van der Waals surface area contributed by atoms with E-state index in [0.29, 0.717) is 5.70 Å². The monoisotopic (exact) mass is 384 g/mol. The maximum Gasteiger partial charge on any atom is 0.453 e. The maximum atomic E-state index is 13.2. The van der Waals surface area contributed by atoms with E-state index in [1.54, 1.807) is 0 Å². The van der Waals surface area contributed by atoms with E-state index in [1.807, 2.05) is 75.4 Å². The van der Waals surface area contributed by atoms with Crippen LogP contribution in [0.5, 0.6) is 0 Å². The first-order chi connectivity index (χ1) is 13.2. The Kier molecular flexibility index (Phi) is 4.06. The van der Waals surface area contributed by atoms with Crippen molar-refractivity contribution in [2.24, 2.45) is 0 Å². The minimum Gasteiger partial charge on any atom is -0.341 e. The smallest absolute Gasteiger partial charge is 0.341 e. The predicted octanol–water partition coefficient (Wildman–Crippen LogP) is 5.14. The van der Waals surface area contributed by atoms with Gasteiger partial charge in [0.1, 0.15) is 0 Å². The average molecular weight is 384 g/mol. The van der Waals surface area contributed by atoms with Crippen molar-refractivity contribution in [1.29, 1.82) is 0 Å². The Bertz CT molecular complexity index is 1050. The van der Waals surface area contributed by atoms with Gasteiger partial charge in [-0.1, -0.05) is 59.7 Å². The predicted molar refractivity (Wildman–Crippen MR) is 102 cm³/mol. The van der Waals surface area contributed by atoms with E-state index in [2.05, 4.69) is 15.4 Å². The lowest BCUT2D eigenvalue weighted by Gasteiger charge is -2.34. The minimum absolute atomic E-state index is 0.0634. The minimum atomic E-state index is -4.62. The molecule has 1 aliphatic rings. The fourth-order valence-electron chi connectivity index (χ4n) is 3.27. The number of nitrogens with one attached hydrogen (secondary N) is 1. The number of aromatic nitrogens is 3. The van der Waals surface area contributed by atoms with Crippen LogP contribution >= 0.6 is 0 Å². The van der Waals surface area contributed by atoms with Crippen LogP contribution in [0.4, 0.5) is 19.1 Å². The van der Waals surface area contributed by atoms with E-state index in [1.165, 1.54) is 4.68 Å². The van der Waals surface area contributed by atoms with Crippen LogP contribution in [0.2, 0.25) is 0 Å². The van der Waals surface area contributed by atoms with Gasteiger partial charge in [-0.2, -0.15) is 22.8 Å². The number of benzene rings is 2. The molecule has 0 aliphatic carbocycles. The summed E-state index contributed by atoms with van der Waals surface area (Å²) in [5.41, 5.74) is 3.68. The second kappa shape index (κ2) is 6.22. The molecule has 1 atom stereocenters. The van der Waals surface area contributed by atoms with Gasteiger partial charge >= 0.3 is 6.18 Å². The largest absolute Gasteiger partial charge is 0.453 e. The number of rotatable bonds is 2. The topological polar surface area (TPSA) is 42.7 Å². The molecule has 0 radical (unpaired) electrons. The van der Waals surface area contributed by atoms with Gasteiger partial charge < -0.3 is 5.32 Å². The highest BCUT2D eigenvalue weighted by Gasteiger charge is 2.40. The molecule has 0 amide bonds. The number of aryl methyl sites for hydroxylation is 2. The van der Waals surface area contributed by atoms with E-state index >= 15 is 0 Å². The highest BCUT2D eigenvalue weighted by Crippen LogP contribution is 2.38. The summed E-state index contributed by atoms with van der Waals surface area (Å²) < 4.78 is 40.9. The summed E-state index contributed by atoms with van der Waals surface area (Å²) in [5.74, 6) is -1.10. The van der Waals surface area contributed by atoms with Crippen molar-refractivity contribution < 1.29 is 13.2 Å². The van der Waals surface area contributed by atoms with Crippen molar-refractivity contribution in [3.63, 3.8) is 0 Å². The van der Waals surface area contributed by atoms with Gasteiger partial charge in [-0.25, -0.2) is 0 Å². The summed E-state index contributed by atoms with van der Waals surface area (Å²) in [6.07, 6.45) is -2.73. The lowest BCUT2D eigenvalue weighted by Crippen LogP contribution is -2.35. The van der Waals surface area contributed by atoms with Gasteiger partial charge in [0.2, 0.25) is 5.95 Å². The Morgan fingerprint density at radius 2 is 1.50 bits per heavy atom. The van der Waals surface area contributed by atoms with Crippen LogP contribution in [0.1, 0.15) is 35.0 Å². The van der Waals surface area contributed by atoms with Crippen LogP contribution in [0.3, 0.4) is 0 Å². The number of fused-ring (bicyclic) bond motifs is 1. The molecule has 0 saturated carbocycles. The number of nitrogens with zero attached hydrogens (tertiary/aromatic N) is 3. The number of hydrogen-bond donors (Lipinski definition) is 1. The van der Waals surface area contributed by atoms with E-state index in [4.69, 9.17) is 0 Å². The molecule has 0 unspecified atom stereocenters. The third-order valence-corrected chi connectivity index (χ3v) is 4.88. The van der Waals surface area contributed by atoms with Crippen molar-refractivity contribution in [2.75, 3.05) is 5.32 Å². The van der Waals surface area contributed by atoms with Crippen LogP contribution in [0.25, 0.3) is 5.70 Å². The Morgan fingerprint density at radius 3 is 2.07 bits per heavy atom. The van der Waals surface area contributed by atoms with Crippen molar-refractivity contribution in [3.05, 3.63) is 82.7 Å². The standard InChI is InChI=1S/C21H19F3N4/c1-13-4-8-15(9-5-13)17-12-20(3,16-10-6-14(2)7-11-16)26-19-25-18(21(22,23)24)27-28(17)19/h4-12H,1-3H3,(H,25,26,27)/t20-/m1/s1. The number of anilines is 1. The summed E-state index contributed by atoms with van der Waals surface area (Å²) in [6, 6.07) is 15.5. The third kappa shape index (κ3) is 3.17. The SMILES string of the molecule is Cc1ccc(C2=C[C@](C)(c3ccc(C)cc3)Nc3nc(C(F)(F)F)nn32)cc1. The summed E-state index contributed by atoms with van der Waals surface area (Å²) in [6.45, 7) is 5.86. The Morgan fingerprint density at radius 1 is 0.929 bits per heavy atom. The second-order valence-corrected chi connectivity index (χ2v) is 7.26. The zero-order valence-electron chi connectivity index (χ0n) is 15.7. The molecule has 2 heterocycles. The molecule has 4 rings (SSSR count). The molecular weight excluding hydrogens is 365 g/mol. The van der Waals surface area contributed by atoms with Gasteiger partial charge in [0.15, 0.2) is 0 Å². The van der Waals surface area contributed by atoms with E-state index in [9.17, 15) is 13.2 Å². The van der Waals surface area contributed by atoms with Crippen molar-refractivity contribution in [2.45, 2.75) is 32.5 Å². The Hall–Kier alpha value is -3.09. The highest BCUT2D eigenvalue weighted by molar-refractivity contribution is 5.73. The molecular formula is C21H19F3N4. The van der Waals surface area contributed by atoms with Gasteiger partial charge in [0.25, 0.3) is 5.82 Å². The summed E-state index contributed by atoms with van der Waals surface area (Å²) in [4.78, 5) is 3.73. The van der Waals surface area contributed by atoms with Gasteiger partial charge in [-0.05, 0) is 32.4 Å². The first-order valence-corrected chi connectivity index (χ1v) is 8.86. The Balaban J connectivity index is 1.90. The van der Waals surface area contributed by atoms with Crippen LogP contribution < -0.4 is 5.32 Å². The van der Waals surface area contributed by atoms with Crippen molar-refractivity contribution in [1.82, 2.24) is 14.8 Å². The van der Waals surface area contributed by atoms with Crippen LogP contribution in [-0.2, 0) is 11.7 Å². The van der Waals surface area contributed by atoms with Gasteiger partial charge in [0, 0.05) is 5.56 Å². The van der Waals surface area contributed by atoms with Crippen molar-refractivity contribution >= 4 is 11.6 Å². The molecule has 4 nitrogen and oxygen atoms in total. The Labute approximate surface area is 160 Å². The second-order valence-electron chi connectivity index (χ2n) is 7.26. The molecule has 1 aliphatic heterocycles. The molecule has 0 spiro atoms. The fraction of sp³-hybridized carbons (Fsp3) is 0.238. The zero-order valence-corrected chi connectivity index (χ0v) is 15.7. The lowest BCUT2D eigenvalue weighted by molar-refractivity contribution is -0.144. The quantitative estimate of drug-likeness (QED) is 0.665. The first kappa shape index (κ1) is 18.3. The zero-order chi connectivity index (χ0) is 20.1. The summed E-state index contributed by atoms with van der Waals surface area (Å²) in [7, 11) is 0. The molecule has 144 valence electrons. The van der Waals surface area contributed by atoms with E-state index in [-0.39, 0.29) is 5.95 Å². The number of hydrogen-bond acceptors (Lipinski definition) is 3. The van der Waals surface area contributed by atoms with Gasteiger partial charge in [-0.3, -0.25) is 0 Å². The molecule has 3 aromatic rings. The maximum absolute atomic E-state index is 13.2. The summed E-state index contributed by atoms with van der Waals surface area (Å²) in [5, 5.41) is 6.85. The van der Waals surface area contributed by atoms with Gasteiger partial charge in [-0.15, -0.1) is 5.10 Å². The fourth-order valence-corrected chi connectivity index (χ4v) is 3.27. The highest BCUT2D eigenvalue weighted by atomic mass is 19.4. The van der Waals surface area contributed by atoms with E-state index in [0.717, 1.165) is 22.3 Å². The molecule has 28 heavy (non-hydrogen) atoms. The molecule has 0 saturated heterocycles. The molecule has 0 fully saturated rings. The summed E-state index contributed by atoms with van der Waals surface area (Å²) >= 11 is 0. The normalized spacial score (nSPS) is 19.0. The third-order valence-electron chi connectivity index (χ3n) is 4.88. The van der Waals surface area contributed by atoms with Crippen molar-refractivity contribution in [3.8, 4) is 0 Å². The molecule has 7 heteroatoms. The first-order valence-electron chi connectivity index (χ1n) is 8.86. The number of halogens is 3. The molecule has 1 aromatic heterocycles. The van der Waals surface area contributed by atoms with Crippen LogP contribution in [-0.4, -0.2) is 14.8 Å². The van der Waals surface area contributed by atoms with Gasteiger partial charge in [0.05, 0.1) is 11.2 Å². The van der Waals surface area contributed by atoms with Crippen LogP contribution in [0, 0.1) is 13.8 Å². The molecule has 0 bridgehead atoms. The molecule has 2 aromatic carbocycles. The lowest BCUT2D eigenvalue weighted by atomic mass is 9.88. The van der Waals surface area contributed by atoms with E-state index < -0.39 is 17.5 Å². The average Bonchev–Trinajstić information content (AvgIpc) is 3.06. The molecule has 1 N–H and O–H groups in total. The number of alkyl halides is 3. The van der Waals surface area contributed by atoms with Crippen LogP contribution in [0.15, 0.2) is 54.6 Å².